The molecule has 7 aromatic carbocycles. The number of rotatable bonds is 6. The number of nitrogen functional groups attached to an aromatic ring is 1. The highest BCUT2D eigenvalue weighted by Gasteiger charge is 2.35. The van der Waals surface area contributed by atoms with Crippen molar-refractivity contribution in [3.8, 4) is 39.1 Å². The van der Waals surface area contributed by atoms with Crippen LogP contribution in [0.3, 0.4) is 0 Å². The summed E-state index contributed by atoms with van der Waals surface area (Å²) in [6.45, 7) is 0. The molecule has 0 amide bonds. The standard InChI is InChI=1S/C48H34N2O2/c49-33-14-8-15-35(30-33)50(34-28-26-32(27-29-34)31-12-2-1-3-13-31)46-38(42-22-10-20-40-36-16-4-6-24-44(36)51-47(40)42)18-9-19-39(46)43-23-11-21-41-37-17-5-7-25-45(37)52-48(41)43/h1-30,36,44H,49H2. The molecular formula is C48H34N2O2. The molecule has 1 aromatic heterocycles. The number of nitrogens with two attached hydrogens (primary N) is 1. The lowest BCUT2D eigenvalue weighted by Crippen LogP contribution is -2.15. The van der Waals surface area contributed by atoms with E-state index in [4.69, 9.17) is 14.9 Å². The summed E-state index contributed by atoms with van der Waals surface area (Å²) in [4.78, 5) is 2.33. The number of hydrogen-bond donors (Lipinski definition) is 1. The van der Waals surface area contributed by atoms with Gasteiger partial charge in [0.2, 0.25) is 0 Å². The van der Waals surface area contributed by atoms with Crippen molar-refractivity contribution in [2.24, 2.45) is 0 Å². The number of allylic oxidation sites excluding steroid dienone is 2. The molecule has 2 heterocycles. The minimum absolute atomic E-state index is 0.0346. The van der Waals surface area contributed by atoms with Gasteiger partial charge in [-0.15, -0.1) is 0 Å². The van der Waals surface area contributed by atoms with Crippen LogP contribution in [0.15, 0.2) is 186 Å². The Bertz CT molecular complexity index is 2690. The van der Waals surface area contributed by atoms with Crippen molar-refractivity contribution in [1.82, 2.24) is 0 Å². The first-order chi connectivity index (χ1) is 25.7. The van der Waals surface area contributed by atoms with Gasteiger partial charge in [0.1, 0.15) is 23.0 Å². The van der Waals surface area contributed by atoms with Crippen molar-refractivity contribution in [3.63, 3.8) is 0 Å². The Morgan fingerprint density at radius 1 is 0.519 bits per heavy atom. The van der Waals surface area contributed by atoms with Crippen LogP contribution in [0.2, 0.25) is 0 Å². The van der Waals surface area contributed by atoms with E-state index in [9.17, 15) is 0 Å². The predicted molar refractivity (Wildman–Crippen MR) is 215 cm³/mol. The third-order valence-electron chi connectivity index (χ3n) is 10.3. The fourth-order valence-corrected chi connectivity index (χ4v) is 7.96. The van der Waals surface area contributed by atoms with Crippen molar-refractivity contribution in [1.29, 1.82) is 0 Å². The summed E-state index contributed by atoms with van der Waals surface area (Å²) >= 11 is 0. The summed E-state index contributed by atoms with van der Waals surface area (Å²) in [5, 5.41) is 2.18. The zero-order valence-corrected chi connectivity index (χ0v) is 28.3. The minimum Gasteiger partial charge on any atom is -0.484 e. The third kappa shape index (κ3) is 4.91. The molecule has 2 aliphatic rings. The lowest BCUT2D eigenvalue weighted by molar-refractivity contribution is 0.270. The fraction of sp³-hybridized carbons (Fsp3) is 0.0417. The number of nitrogens with zero attached hydrogens (tertiary/aromatic N) is 1. The lowest BCUT2D eigenvalue weighted by atomic mass is 9.88. The van der Waals surface area contributed by atoms with E-state index in [0.717, 1.165) is 72.6 Å². The zero-order chi connectivity index (χ0) is 34.6. The van der Waals surface area contributed by atoms with Crippen LogP contribution in [0.25, 0.3) is 55.3 Å². The number of para-hydroxylation sites is 4. The largest absolute Gasteiger partial charge is 0.484 e. The smallest absolute Gasteiger partial charge is 0.143 e. The summed E-state index contributed by atoms with van der Waals surface area (Å²) in [5.74, 6) is 1.09. The zero-order valence-electron chi connectivity index (χ0n) is 28.3. The molecule has 4 heteroatoms. The van der Waals surface area contributed by atoms with E-state index in [-0.39, 0.29) is 12.0 Å². The van der Waals surface area contributed by atoms with E-state index in [1.54, 1.807) is 0 Å². The maximum Gasteiger partial charge on any atom is 0.143 e. The molecule has 248 valence electrons. The Morgan fingerprint density at radius 2 is 1.19 bits per heavy atom. The highest BCUT2D eigenvalue weighted by Crippen LogP contribution is 2.53. The van der Waals surface area contributed by atoms with Gasteiger partial charge in [-0.05, 0) is 53.6 Å². The molecule has 2 atom stereocenters. The molecule has 10 rings (SSSR count). The highest BCUT2D eigenvalue weighted by molar-refractivity contribution is 6.12. The first kappa shape index (κ1) is 30.1. The second kappa shape index (κ2) is 12.2. The van der Waals surface area contributed by atoms with E-state index in [0.29, 0.717) is 5.69 Å². The first-order valence-electron chi connectivity index (χ1n) is 17.7. The monoisotopic (exact) mass is 670 g/mol. The van der Waals surface area contributed by atoms with Crippen LogP contribution in [0.5, 0.6) is 5.75 Å². The van der Waals surface area contributed by atoms with Gasteiger partial charge in [-0.2, -0.15) is 0 Å². The molecule has 8 aromatic rings. The molecule has 0 bridgehead atoms. The van der Waals surface area contributed by atoms with E-state index in [1.807, 2.05) is 36.4 Å². The molecule has 2 unspecified atom stereocenters. The van der Waals surface area contributed by atoms with E-state index in [2.05, 4.69) is 151 Å². The molecule has 1 aliphatic carbocycles. The number of furan rings is 1. The highest BCUT2D eigenvalue weighted by atomic mass is 16.5. The van der Waals surface area contributed by atoms with Gasteiger partial charge < -0.3 is 19.8 Å². The fourth-order valence-electron chi connectivity index (χ4n) is 7.96. The van der Waals surface area contributed by atoms with E-state index < -0.39 is 0 Å². The van der Waals surface area contributed by atoms with Gasteiger partial charge in [-0.3, -0.25) is 0 Å². The van der Waals surface area contributed by atoms with Crippen LogP contribution in [0.1, 0.15) is 11.5 Å². The Hall–Kier alpha value is -6.78. The van der Waals surface area contributed by atoms with Crippen molar-refractivity contribution < 1.29 is 9.15 Å². The van der Waals surface area contributed by atoms with E-state index >= 15 is 0 Å². The topological polar surface area (TPSA) is 51.6 Å². The summed E-state index contributed by atoms with van der Waals surface area (Å²) in [6.07, 6.45) is 8.56. The van der Waals surface area contributed by atoms with Crippen molar-refractivity contribution >= 4 is 44.7 Å². The predicted octanol–water partition coefficient (Wildman–Crippen LogP) is 12.6. The molecule has 4 nitrogen and oxygen atoms in total. The normalized spacial score (nSPS) is 15.8. The number of hydrogen-bond acceptors (Lipinski definition) is 4. The molecule has 52 heavy (non-hydrogen) atoms. The molecule has 0 radical (unpaired) electrons. The van der Waals surface area contributed by atoms with Crippen LogP contribution >= 0.6 is 0 Å². The summed E-state index contributed by atoms with van der Waals surface area (Å²) in [6, 6.07) is 55.2. The van der Waals surface area contributed by atoms with Gasteiger partial charge >= 0.3 is 0 Å². The van der Waals surface area contributed by atoms with Gasteiger partial charge in [0.15, 0.2) is 0 Å². The molecule has 0 fully saturated rings. The van der Waals surface area contributed by atoms with Gasteiger partial charge in [0.25, 0.3) is 0 Å². The van der Waals surface area contributed by atoms with Crippen LogP contribution < -0.4 is 15.4 Å². The van der Waals surface area contributed by atoms with Crippen molar-refractivity contribution in [3.05, 3.63) is 188 Å². The maximum absolute atomic E-state index is 6.79. The second-order valence-corrected chi connectivity index (χ2v) is 13.4. The van der Waals surface area contributed by atoms with Crippen LogP contribution in [-0.2, 0) is 0 Å². The molecule has 0 spiro atoms. The Morgan fingerprint density at radius 3 is 2.06 bits per heavy atom. The number of fused-ring (bicyclic) bond motifs is 6. The van der Waals surface area contributed by atoms with Gasteiger partial charge in [-0.1, -0.05) is 140 Å². The van der Waals surface area contributed by atoms with E-state index in [1.165, 1.54) is 11.1 Å². The number of anilines is 4. The SMILES string of the molecule is Nc1cccc(N(c2ccc(-c3ccccc3)cc2)c2c(-c3cccc4c3OC3C=CC=CC43)cccc2-c2cccc3c2oc2ccccc23)c1. The summed E-state index contributed by atoms with van der Waals surface area (Å²) in [7, 11) is 0. The quantitative estimate of drug-likeness (QED) is 0.179. The molecule has 0 saturated heterocycles. The summed E-state index contributed by atoms with van der Waals surface area (Å²) < 4.78 is 13.5. The van der Waals surface area contributed by atoms with Crippen LogP contribution in [-0.4, -0.2) is 6.10 Å². The molecule has 0 saturated carbocycles. The summed E-state index contributed by atoms with van der Waals surface area (Å²) in [5.41, 5.74) is 19.5. The maximum atomic E-state index is 6.79. The second-order valence-electron chi connectivity index (χ2n) is 13.4. The average Bonchev–Trinajstić information content (AvgIpc) is 3.78. The number of benzene rings is 7. The van der Waals surface area contributed by atoms with Gasteiger partial charge in [0, 0.05) is 61.6 Å². The third-order valence-corrected chi connectivity index (χ3v) is 10.3. The van der Waals surface area contributed by atoms with Crippen molar-refractivity contribution in [2.75, 3.05) is 10.6 Å². The van der Waals surface area contributed by atoms with Crippen LogP contribution in [0, 0.1) is 0 Å². The Labute approximate surface area is 302 Å². The number of ether oxygens (including phenoxy) is 1. The molecule has 1 aliphatic heterocycles. The first-order valence-corrected chi connectivity index (χ1v) is 17.7. The minimum atomic E-state index is -0.0346. The van der Waals surface area contributed by atoms with Gasteiger partial charge in [0.05, 0.1) is 5.69 Å². The van der Waals surface area contributed by atoms with Crippen LogP contribution in [0.4, 0.5) is 22.7 Å². The van der Waals surface area contributed by atoms with Crippen molar-refractivity contribution in [2.45, 2.75) is 12.0 Å². The lowest BCUT2D eigenvalue weighted by Gasteiger charge is -2.31. The Kier molecular flexibility index (Phi) is 7.07. The molecule has 2 N–H and O–H groups in total. The molecular weight excluding hydrogens is 637 g/mol. The Balaban J connectivity index is 1.27. The van der Waals surface area contributed by atoms with Gasteiger partial charge in [-0.25, -0.2) is 0 Å². The average molecular weight is 671 g/mol.